The standard InChI is InChI=1S/C20H12O.C12H7IO.C7H5BrO2.C7H8/c1-2-6-14-13(5-1)9-10-17-15(14)11-12-18-16-7-3-4-8-19(16)21-20(17)18;13-10-6-3-5-9-8-4-1-2-7-11(8)14-12(9)10;8-6-4-2-1-3-5(6)7(9)10;1-2-7-4-3-6(1)5-7/h1-12H;1-7H;1-4H,(H,9,10);1-4,6-7H,5H2. The quantitative estimate of drug-likeness (QED) is 0.101. The van der Waals surface area contributed by atoms with E-state index in [-0.39, 0.29) is 0 Å². The smallest absolute Gasteiger partial charge is 0.336 e. The zero-order chi connectivity index (χ0) is 35.6. The fourth-order valence-electron chi connectivity index (χ4n) is 6.95. The van der Waals surface area contributed by atoms with Crippen LogP contribution < -0.4 is 0 Å². The van der Waals surface area contributed by atoms with E-state index < -0.39 is 5.97 Å². The molecule has 6 heteroatoms. The molecule has 0 saturated carbocycles. The van der Waals surface area contributed by atoms with Crippen molar-refractivity contribution >= 4 is 110 Å². The van der Waals surface area contributed by atoms with Crippen LogP contribution in [0.4, 0.5) is 0 Å². The van der Waals surface area contributed by atoms with Crippen LogP contribution in [0.2, 0.25) is 0 Å². The SMILES string of the molecule is C1=CC2C=CC1C2.Ic1cccc2c1oc1ccccc12.O=C(O)c1ccccc1Br.c1ccc2c(c1)ccc1c2ccc2c3ccccc3oc21. The summed E-state index contributed by atoms with van der Waals surface area (Å²) in [6, 6.07) is 46.5. The van der Waals surface area contributed by atoms with Crippen LogP contribution in [-0.4, -0.2) is 11.1 Å². The molecule has 1 N–H and O–H groups in total. The number of carboxylic acid groups (broad SMARTS) is 1. The maximum absolute atomic E-state index is 10.4. The van der Waals surface area contributed by atoms with Crippen LogP contribution in [0.1, 0.15) is 16.8 Å². The van der Waals surface area contributed by atoms with E-state index in [1.807, 2.05) is 30.3 Å². The van der Waals surface area contributed by atoms with Crippen molar-refractivity contribution < 1.29 is 18.7 Å². The third-order valence-corrected chi connectivity index (χ3v) is 11.0. The van der Waals surface area contributed by atoms with Crippen LogP contribution in [0.25, 0.3) is 65.4 Å². The van der Waals surface area contributed by atoms with Crippen LogP contribution in [0, 0.1) is 15.4 Å². The molecule has 11 rings (SSSR count). The molecule has 9 aromatic rings. The van der Waals surface area contributed by atoms with Crippen molar-refractivity contribution in [1.82, 2.24) is 0 Å². The van der Waals surface area contributed by atoms with Gasteiger partial charge in [0.15, 0.2) is 0 Å². The molecule has 7 aromatic carbocycles. The van der Waals surface area contributed by atoms with Crippen molar-refractivity contribution in [2.75, 3.05) is 0 Å². The highest BCUT2D eigenvalue weighted by molar-refractivity contribution is 14.1. The lowest BCUT2D eigenvalue weighted by Gasteiger charge is -2.04. The molecule has 0 aliphatic heterocycles. The molecule has 0 unspecified atom stereocenters. The van der Waals surface area contributed by atoms with Crippen LogP contribution in [0.3, 0.4) is 0 Å². The van der Waals surface area contributed by atoms with Gasteiger partial charge >= 0.3 is 5.97 Å². The summed E-state index contributed by atoms with van der Waals surface area (Å²) in [4.78, 5) is 10.4. The van der Waals surface area contributed by atoms with Gasteiger partial charge in [0.25, 0.3) is 0 Å². The van der Waals surface area contributed by atoms with Gasteiger partial charge in [-0.1, -0.05) is 121 Å². The van der Waals surface area contributed by atoms with Gasteiger partial charge in [-0.15, -0.1) is 0 Å². The molecule has 2 heterocycles. The highest BCUT2D eigenvalue weighted by Gasteiger charge is 2.19. The number of rotatable bonds is 1. The lowest BCUT2D eigenvalue weighted by molar-refractivity contribution is 0.0696. The third kappa shape index (κ3) is 6.76. The Kier molecular flexibility index (Phi) is 9.67. The fraction of sp³-hybridized carbons (Fsp3) is 0.0652. The molecule has 52 heavy (non-hydrogen) atoms. The van der Waals surface area contributed by atoms with Crippen molar-refractivity contribution in [2.24, 2.45) is 11.8 Å². The zero-order valence-corrected chi connectivity index (χ0v) is 31.6. The summed E-state index contributed by atoms with van der Waals surface area (Å²) in [5.41, 5.74) is 4.19. The Morgan fingerprint density at radius 1 is 0.538 bits per heavy atom. The van der Waals surface area contributed by atoms with Gasteiger partial charge in [0.2, 0.25) is 0 Å². The first kappa shape index (κ1) is 33.9. The minimum atomic E-state index is -0.910. The molecular weight excluding hydrogens is 823 g/mol. The summed E-state index contributed by atoms with van der Waals surface area (Å²) < 4.78 is 13.7. The Bertz CT molecular complexity index is 2780. The van der Waals surface area contributed by atoms with Crippen molar-refractivity contribution in [2.45, 2.75) is 6.42 Å². The van der Waals surface area contributed by atoms with Gasteiger partial charge < -0.3 is 13.9 Å². The van der Waals surface area contributed by atoms with Gasteiger partial charge in [-0.05, 0) is 115 Å². The average Bonchev–Trinajstić information content (AvgIpc) is 3.99. The molecule has 0 spiro atoms. The Hall–Kier alpha value is -5.18. The van der Waals surface area contributed by atoms with E-state index in [1.165, 1.54) is 49.5 Å². The average molecular weight is 856 g/mol. The molecule has 2 bridgehead atoms. The molecule has 0 radical (unpaired) electrons. The monoisotopic (exact) mass is 854 g/mol. The van der Waals surface area contributed by atoms with Gasteiger partial charge in [-0.3, -0.25) is 0 Å². The van der Waals surface area contributed by atoms with Crippen LogP contribution in [0.5, 0.6) is 0 Å². The van der Waals surface area contributed by atoms with Gasteiger partial charge in [0.05, 0.1) is 9.13 Å². The minimum Gasteiger partial charge on any atom is -0.478 e. The topological polar surface area (TPSA) is 63.6 Å². The molecular formula is C46H32BrIO4. The van der Waals surface area contributed by atoms with E-state index in [4.69, 9.17) is 13.9 Å². The summed E-state index contributed by atoms with van der Waals surface area (Å²) >= 11 is 5.42. The Morgan fingerprint density at radius 3 is 1.65 bits per heavy atom. The predicted octanol–water partition coefficient (Wildman–Crippen LogP) is 14.0. The molecule has 0 saturated heterocycles. The number of hydrogen-bond acceptors (Lipinski definition) is 3. The minimum absolute atomic E-state index is 0.294. The number of fused-ring (bicyclic) bond motifs is 12. The van der Waals surface area contributed by atoms with E-state index in [0.29, 0.717) is 10.0 Å². The summed E-state index contributed by atoms with van der Waals surface area (Å²) in [6.45, 7) is 0. The van der Waals surface area contributed by atoms with Gasteiger partial charge in [-0.2, -0.15) is 0 Å². The number of aromatic carboxylic acids is 1. The van der Waals surface area contributed by atoms with Crippen LogP contribution in [-0.2, 0) is 0 Å². The summed E-state index contributed by atoms with van der Waals surface area (Å²) in [7, 11) is 0. The Balaban J connectivity index is 0.000000108. The second kappa shape index (κ2) is 14.8. The van der Waals surface area contributed by atoms with Gasteiger partial charge in [0, 0.05) is 31.4 Å². The van der Waals surface area contributed by atoms with Crippen molar-refractivity contribution in [3.05, 3.63) is 177 Å². The second-order valence-corrected chi connectivity index (χ2v) is 14.8. The Labute approximate surface area is 322 Å². The number of carbonyl (C=O) groups is 1. The first-order chi connectivity index (χ1) is 25.4. The number of carboxylic acids is 1. The van der Waals surface area contributed by atoms with E-state index in [0.717, 1.165) is 37.7 Å². The lowest BCUT2D eigenvalue weighted by Crippen LogP contribution is -1.95. The van der Waals surface area contributed by atoms with Crippen molar-refractivity contribution in [3.8, 4) is 0 Å². The molecule has 254 valence electrons. The number of furan rings is 2. The highest BCUT2D eigenvalue weighted by atomic mass is 127. The summed E-state index contributed by atoms with van der Waals surface area (Å²) in [6.07, 6.45) is 10.5. The molecule has 0 atom stereocenters. The first-order valence-corrected chi connectivity index (χ1v) is 18.9. The van der Waals surface area contributed by atoms with E-state index >= 15 is 0 Å². The molecule has 4 nitrogen and oxygen atoms in total. The number of para-hydroxylation sites is 3. The van der Waals surface area contributed by atoms with Crippen molar-refractivity contribution in [3.63, 3.8) is 0 Å². The zero-order valence-electron chi connectivity index (χ0n) is 27.9. The number of benzene rings is 7. The molecule has 2 aromatic heterocycles. The van der Waals surface area contributed by atoms with Crippen LogP contribution in [0.15, 0.2) is 177 Å². The maximum Gasteiger partial charge on any atom is 0.336 e. The molecule has 0 fully saturated rings. The van der Waals surface area contributed by atoms with Crippen molar-refractivity contribution in [1.29, 1.82) is 0 Å². The number of halogens is 2. The molecule has 2 aliphatic rings. The number of hydrogen-bond donors (Lipinski definition) is 1. The Morgan fingerprint density at radius 2 is 1.04 bits per heavy atom. The maximum atomic E-state index is 10.4. The molecule has 2 aliphatic carbocycles. The third-order valence-electron chi connectivity index (χ3n) is 9.48. The lowest BCUT2D eigenvalue weighted by atomic mass is 10.00. The van der Waals surface area contributed by atoms with Gasteiger partial charge in [0.1, 0.15) is 22.3 Å². The fourth-order valence-corrected chi connectivity index (χ4v) is 8.01. The molecule has 0 amide bonds. The van der Waals surface area contributed by atoms with E-state index in [1.54, 1.807) is 24.3 Å². The summed E-state index contributed by atoms with van der Waals surface area (Å²) in [5, 5.41) is 18.3. The van der Waals surface area contributed by atoms with E-state index in [9.17, 15) is 4.79 Å². The van der Waals surface area contributed by atoms with Gasteiger partial charge in [-0.25, -0.2) is 4.79 Å². The largest absolute Gasteiger partial charge is 0.478 e. The predicted molar refractivity (Wildman–Crippen MR) is 226 cm³/mol. The summed E-state index contributed by atoms with van der Waals surface area (Å²) in [5.74, 6) is 0.711. The van der Waals surface area contributed by atoms with Crippen LogP contribution >= 0.6 is 38.5 Å². The second-order valence-electron chi connectivity index (χ2n) is 12.8. The normalized spacial score (nSPS) is 15.4. The van der Waals surface area contributed by atoms with E-state index in [2.05, 4.69) is 148 Å². The first-order valence-electron chi connectivity index (χ1n) is 17.1. The number of allylic oxidation sites excluding steroid dienone is 4. The highest BCUT2D eigenvalue weighted by Crippen LogP contribution is 2.37.